The molecular formula is C13H20N2OS. The van der Waals surface area contributed by atoms with Gasteiger partial charge in [-0.3, -0.25) is 4.79 Å². The molecule has 0 radical (unpaired) electrons. The van der Waals surface area contributed by atoms with Gasteiger partial charge >= 0.3 is 0 Å². The van der Waals surface area contributed by atoms with Crippen molar-refractivity contribution >= 4 is 17.2 Å². The van der Waals surface area contributed by atoms with Crippen LogP contribution in [0.1, 0.15) is 18.2 Å². The average molecular weight is 252 g/mol. The van der Waals surface area contributed by atoms with E-state index < -0.39 is 0 Å². The fourth-order valence-electron chi connectivity index (χ4n) is 1.99. The van der Waals surface area contributed by atoms with E-state index in [0.717, 1.165) is 19.5 Å². The molecule has 1 atom stereocenters. The van der Waals surface area contributed by atoms with Gasteiger partial charge in [-0.05, 0) is 37.4 Å². The van der Waals surface area contributed by atoms with Gasteiger partial charge in [-0.1, -0.05) is 6.07 Å². The molecule has 1 amide bonds. The highest BCUT2D eigenvalue weighted by atomic mass is 32.1. The molecule has 1 unspecified atom stereocenters. The Morgan fingerprint density at radius 3 is 2.94 bits per heavy atom. The van der Waals surface area contributed by atoms with Gasteiger partial charge in [-0.15, -0.1) is 11.3 Å². The van der Waals surface area contributed by atoms with Crippen molar-refractivity contribution in [2.24, 2.45) is 5.92 Å². The zero-order chi connectivity index (χ0) is 12.3. The van der Waals surface area contributed by atoms with Crippen LogP contribution >= 0.6 is 11.3 Å². The van der Waals surface area contributed by atoms with Crippen LogP contribution in [-0.4, -0.2) is 37.0 Å². The lowest BCUT2D eigenvalue weighted by atomic mass is 9.98. The Labute approximate surface area is 107 Å². The number of hydrogen-bond acceptors (Lipinski definition) is 3. The predicted molar refractivity (Wildman–Crippen MR) is 71.2 cm³/mol. The van der Waals surface area contributed by atoms with Gasteiger partial charge < -0.3 is 10.2 Å². The van der Waals surface area contributed by atoms with Gasteiger partial charge in [-0.2, -0.15) is 0 Å². The number of carbonyl (C=O) groups excluding carboxylic acids is 1. The lowest BCUT2D eigenvalue weighted by Crippen LogP contribution is -2.46. The summed E-state index contributed by atoms with van der Waals surface area (Å²) < 4.78 is 0. The summed E-state index contributed by atoms with van der Waals surface area (Å²) in [4.78, 5) is 15.3. The zero-order valence-corrected chi connectivity index (χ0v) is 11.3. The molecular weight excluding hydrogens is 232 g/mol. The molecule has 1 aromatic heterocycles. The highest BCUT2D eigenvalue weighted by Crippen LogP contribution is 2.16. The van der Waals surface area contributed by atoms with E-state index in [9.17, 15) is 4.79 Å². The van der Waals surface area contributed by atoms with Crippen LogP contribution in [0.5, 0.6) is 0 Å². The first-order valence-corrected chi connectivity index (χ1v) is 7.03. The van der Waals surface area contributed by atoms with E-state index in [0.29, 0.717) is 12.3 Å². The van der Waals surface area contributed by atoms with E-state index in [-0.39, 0.29) is 11.9 Å². The topological polar surface area (TPSA) is 32.3 Å². The quantitative estimate of drug-likeness (QED) is 0.866. The number of nitrogens with one attached hydrogen (secondary N) is 1. The van der Waals surface area contributed by atoms with Crippen LogP contribution in [0.3, 0.4) is 0 Å². The van der Waals surface area contributed by atoms with Crippen LogP contribution in [0.25, 0.3) is 0 Å². The van der Waals surface area contributed by atoms with Crippen molar-refractivity contribution in [3.63, 3.8) is 0 Å². The normalized spacial score (nSPS) is 17.5. The second-order valence-corrected chi connectivity index (χ2v) is 5.90. The molecule has 2 heterocycles. The van der Waals surface area contributed by atoms with Gasteiger partial charge in [0.2, 0.25) is 5.91 Å². The van der Waals surface area contributed by atoms with Crippen LogP contribution in [0.4, 0.5) is 0 Å². The molecule has 2 rings (SSSR count). The minimum atomic E-state index is 0.278. The number of rotatable bonds is 5. The fraction of sp³-hybridized carbons (Fsp3) is 0.615. The van der Waals surface area contributed by atoms with E-state index in [4.69, 9.17) is 0 Å². The maximum atomic E-state index is 12.0. The lowest BCUT2D eigenvalue weighted by molar-refractivity contribution is -0.133. The molecule has 0 bridgehead atoms. The van der Waals surface area contributed by atoms with Crippen molar-refractivity contribution in [2.75, 3.05) is 20.1 Å². The Morgan fingerprint density at radius 1 is 1.65 bits per heavy atom. The van der Waals surface area contributed by atoms with E-state index in [1.54, 1.807) is 11.3 Å². The van der Waals surface area contributed by atoms with Gasteiger partial charge in [-0.25, -0.2) is 0 Å². The zero-order valence-electron chi connectivity index (χ0n) is 10.5. The second kappa shape index (κ2) is 5.65. The van der Waals surface area contributed by atoms with Crippen molar-refractivity contribution in [3.05, 3.63) is 22.4 Å². The molecule has 1 aliphatic heterocycles. The third kappa shape index (κ3) is 3.30. The SMILES string of the molecule is CC(Cc1cccs1)N(C)C(=O)CC1CNC1. The molecule has 0 aliphatic carbocycles. The standard InChI is InChI=1S/C13H20N2OS/c1-10(6-12-4-3-5-17-12)15(2)13(16)7-11-8-14-9-11/h3-5,10-11,14H,6-9H2,1-2H3. The molecule has 1 fully saturated rings. The van der Waals surface area contributed by atoms with Gasteiger partial charge in [0, 0.05) is 30.8 Å². The summed E-state index contributed by atoms with van der Waals surface area (Å²) in [7, 11) is 1.92. The van der Waals surface area contributed by atoms with Crippen molar-refractivity contribution in [2.45, 2.75) is 25.8 Å². The van der Waals surface area contributed by atoms with Gasteiger partial charge in [0.15, 0.2) is 0 Å². The molecule has 0 aromatic carbocycles. The third-order valence-corrected chi connectivity index (χ3v) is 4.36. The van der Waals surface area contributed by atoms with Crippen LogP contribution in [0.15, 0.2) is 17.5 Å². The molecule has 0 saturated carbocycles. The molecule has 17 heavy (non-hydrogen) atoms. The maximum absolute atomic E-state index is 12.0. The molecule has 1 N–H and O–H groups in total. The van der Waals surface area contributed by atoms with Crippen molar-refractivity contribution in [1.29, 1.82) is 0 Å². The van der Waals surface area contributed by atoms with Gasteiger partial charge in [0.25, 0.3) is 0 Å². The first-order chi connectivity index (χ1) is 8.16. The monoisotopic (exact) mass is 252 g/mol. The third-order valence-electron chi connectivity index (χ3n) is 3.46. The summed E-state index contributed by atoms with van der Waals surface area (Å²) in [6, 6.07) is 4.48. The first kappa shape index (κ1) is 12.6. The molecule has 3 nitrogen and oxygen atoms in total. The highest BCUT2D eigenvalue weighted by molar-refractivity contribution is 7.09. The van der Waals surface area contributed by atoms with Crippen molar-refractivity contribution < 1.29 is 4.79 Å². The molecule has 0 spiro atoms. The predicted octanol–water partition coefficient (Wildman–Crippen LogP) is 1.75. The second-order valence-electron chi connectivity index (χ2n) is 4.87. The fourth-order valence-corrected chi connectivity index (χ4v) is 2.81. The number of amides is 1. The van der Waals surface area contributed by atoms with E-state index in [1.165, 1.54) is 4.88 Å². The molecule has 1 saturated heterocycles. The summed E-state index contributed by atoms with van der Waals surface area (Å²) in [6.07, 6.45) is 1.65. The molecule has 4 heteroatoms. The van der Waals surface area contributed by atoms with Crippen LogP contribution in [-0.2, 0) is 11.2 Å². The molecule has 1 aliphatic rings. The first-order valence-electron chi connectivity index (χ1n) is 6.15. The number of thiophene rings is 1. The Hall–Kier alpha value is -0.870. The average Bonchev–Trinajstić information content (AvgIpc) is 2.74. The van der Waals surface area contributed by atoms with Crippen molar-refractivity contribution in [1.82, 2.24) is 10.2 Å². The minimum absolute atomic E-state index is 0.278. The maximum Gasteiger partial charge on any atom is 0.222 e. The summed E-state index contributed by atoms with van der Waals surface area (Å²) >= 11 is 1.76. The summed E-state index contributed by atoms with van der Waals surface area (Å²) in [5, 5.41) is 5.29. The lowest BCUT2D eigenvalue weighted by Gasteiger charge is -2.30. The summed E-state index contributed by atoms with van der Waals surface area (Å²) in [5.41, 5.74) is 0. The van der Waals surface area contributed by atoms with Crippen molar-refractivity contribution in [3.8, 4) is 0 Å². The van der Waals surface area contributed by atoms with E-state index in [1.807, 2.05) is 11.9 Å². The molecule has 94 valence electrons. The Morgan fingerprint density at radius 2 is 2.41 bits per heavy atom. The van der Waals surface area contributed by atoms with E-state index in [2.05, 4.69) is 29.8 Å². The molecule has 1 aromatic rings. The van der Waals surface area contributed by atoms with E-state index >= 15 is 0 Å². The highest BCUT2D eigenvalue weighted by Gasteiger charge is 2.24. The smallest absolute Gasteiger partial charge is 0.222 e. The minimum Gasteiger partial charge on any atom is -0.343 e. The Balaban J connectivity index is 1.80. The van der Waals surface area contributed by atoms with Crippen LogP contribution < -0.4 is 5.32 Å². The van der Waals surface area contributed by atoms with Gasteiger partial charge in [0.05, 0.1) is 0 Å². The van der Waals surface area contributed by atoms with Crippen LogP contribution in [0, 0.1) is 5.92 Å². The summed E-state index contributed by atoms with van der Waals surface area (Å²) in [5.74, 6) is 0.833. The number of hydrogen-bond donors (Lipinski definition) is 1. The Kier molecular flexibility index (Phi) is 4.18. The summed E-state index contributed by atoms with van der Waals surface area (Å²) in [6.45, 7) is 4.12. The number of carbonyl (C=O) groups is 1. The number of likely N-dealkylation sites (N-methyl/N-ethyl adjacent to an activating group) is 1. The Bertz CT molecular complexity index is 360. The van der Waals surface area contributed by atoms with Crippen LogP contribution in [0.2, 0.25) is 0 Å². The number of nitrogens with zero attached hydrogens (tertiary/aromatic N) is 1. The van der Waals surface area contributed by atoms with Gasteiger partial charge in [0.1, 0.15) is 0 Å². The largest absolute Gasteiger partial charge is 0.343 e.